The first-order chi connectivity index (χ1) is 10.2. The van der Waals surface area contributed by atoms with Crippen LogP contribution in [-0.4, -0.2) is 0 Å². The van der Waals surface area contributed by atoms with E-state index in [9.17, 15) is 0 Å². The van der Waals surface area contributed by atoms with Gasteiger partial charge in [0.1, 0.15) is 11.8 Å². The van der Waals surface area contributed by atoms with Crippen molar-refractivity contribution in [1.29, 1.82) is 0 Å². The van der Waals surface area contributed by atoms with E-state index < -0.39 is 0 Å². The van der Waals surface area contributed by atoms with E-state index in [1.54, 1.807) is 6.26 Å². The molecule has 4 heteroatoms. The summed E-state index contributed by atoms with van der Waals surface area (Å²) in [5.74, 6) is 0.861. The van der Waals surface area contributed by atoms with E-state index in [1.807, 2.05) is 48.5 Å². The zero-order valence-corrected chi connectivity index (χ0v) is 13.4. The second-order valence-corrected chi connectivity index (χ2v) is 5.89. The maximum atomic E-state index is 6.16. The van der Waals surface area contributed by atoms with Crippen molar-refractivity contribution in [2.24, 2.45) is 0 Å². The molecule has 1 atom stereocenters. The third-order valence-electron chi connectivity index (χ3n) is 3.19. The Morgan fingerprint density at radius 2 is 1.81 bits per heavy atom. The summed E-state index contributed by atoms with van der Waals surface area (Å²) in [5.41, 5.74) is 2.07. The Kier molecular flexibility index (Phi) is 4.32. The molecule has 0 amide bonds. The van der Waals surface area contributed by atoms with Gasteiger partial charge in [0.2, 0.25) is 0 Å². The number of anilines is 1. The normalized spacial score (nSPS) is 12.1. The van der Waals surface area contributed by atoms with Crippen LogP contribution in [0, 0.1) is 0 Å². The van der Waals surface area contributed by atoms with Gasteiger partial charge in [-0.05, 0) is 51.8 Å². The molecule has 0 saturated carbocycles. The highest BCUT2D eigenvalue weighted by molar-refractivity contribution is 9.10. The maximum absolute atomic E-state index is 6.16. The van der Waals surface area contributed by atoms with Crippen LogP contribution in [0.25, 0.3) is 0 Å². The smallest absolute Gasteiger partial charge is 0.130 e. The summed E-state index contributed by atoms with van der Waals surface area (Å²) in [7, 11) is 0. The van der Waals surface area contributed by atoms with Crippen LogP contribution in [0.5, 0.6) is 0 Å². The van der Waals surface area contributed by atoms with Gasteiger partial charge in [0, 0.05) is 10.2 Å². The van der Waals surface area contributed by atoms with Crippen LogP contribution in [-0.2, 0) is 0 Å². The van der Waals surface area contributed by atoms with E-state index in [0.29, 0.717) is 5.02 Å². The fourth-order valence-corrected chi connectivity index (χ4v) is 2.60. The molecule has 1 N–H and O–H groups in total. The van der Waals surface area contributed by atoms with Gasteiger partial charge >= 0.3 is 0 Å². The van der Waals surface area contributed by atoms with Crippen LogP contribution in [0.4, 0.5) is 5.69 Å². The van der Waals surface area contributed by atoms with Gasteiger partial charge in [0.25, 0.3) is 0 Å². The molecule has 2 nitrogen and oxygen atoms in total. The number of hydrogen-bond donors (Lipinski definition) is 1. The van der Waals surface area contributed by atoms with E-state index in [2.05, 4.69) is 33.4 Å². The molecule has 1 unspecified atom stereocenters. The molecule has 1 heterocycles. The highest BCUT2D eigenvalue weighted by Gasteiger charge is 2.16. The molecule has 0 fully saturated rings. The molecule has 0 aliphatic carbocycles. The number of furan rings is 1. The summed E-state index contributed by atoms with van der Waals surface area (Å²) in [4.78, 5) is 0. The van der Waals surface area contributed by atoms with E-state index in [-0.39, 0.29) is 6.04 Å². The van der Waals surface area contributed by atoms with E-state index in [1.165, 1.54) is 0 Å². The van der Waals surface area contributed by atoms with E-state index in [0.717, 1.165) is 21.5 Å². The van der Waals surface area contributed by atoms with Crippen molar-refractivity contribution in [3.63, 3.8) is 0 Å². The topological polar surface area (TPSA) is 25.2 Å². The van der Waals surface area contributed by atoms with Crippen molar-refractivity contribution in [2.75, 3.05) is 5.32 Å². The zero-order valence-electron chi connectivity index (χ0n) is 11.1. The molecule has 3 aromatic rings. The van der Waals surface area contributed by atoms with Gasteiger partial charge in [-0.1, -0.05) is 41.9 Å². The first kappa shape index (κ1) is 14.2. The average Bonchev–Trinajstić information content (AvgIpc) is 3.03. The van der Waals surface area contributed by atoms with Gasteiger partial charge in [-0.25, -0.2) is 0 Å². The predicted octanol–water partition coefficient (Wildman–Crippen LogP) is 5.90. The minimum atomic E-state index is -0.0570. The summed E-state index contributed by atoms with van der Waals surface area (Å²) in [6.45, 7) is 0. The summed E-state index contributed by atoms with van der Waals surface area (Å²) in [6, 6.07) is 19.8. The second kappa shape index (κ2) is 6.37. The van der Waals surface area contributed by atoms with Crippen LogP contribution in [0.2, 0.25) is 5.02 Å². The maximum Gasteiger partial charge on any atom is 0.130 e. The summed E-state index contributed by atoms with van der Waals surface area (Å²) in [6.07, 6.45) is 1.68. The highest BCUT2D eigenvalue weighted by atomic mass is 79.9. The molecular formula is C17H13BrClNO. The Labute approximate surface area is 136 Å². The molecule has 1 aromatic heterocycles. The fourth-order valence-electron chi connectivity index (χ4n) is 2.17. The molecule has 0 saturated heterocycles. The molecule has 106 valence electrons. The van der Waals surface area contributed by atoms with Gasteiger partial charge in [0.15, 0.2) is 0 Å². The molecule has 0 aliphatic rings. The minimum absolute atomic E-state index is 0.0570. The first-order valence-electron chi connectivity index (χ1n) is 6.54. The van der Waals surface area contributed by atoms with Gasteiger partial charge in [-0.15, -0.1) is 0 Å². The lowest BCUT2D eigenvalue weighted by molar-refractivity contribution is 0.499. The van der Waals surface area contributed by atoms with Crippen molar-refractivity contribution in [3.05, 3.63) is 87.7 Å². The first-order valence-corrected chi connectivity index (χ1v) is 7.71. The van der Waals surface area contributed by atoms with Crippen LogP contribution in [0.3, 0.4) is 0 Å². The van der Waals surface area contributed by atoms with Crippen LogP contribution < -0.4 is 5.32 Å². The summed E-state index contributed by atoms with van der Waals surface area (Å²) >= 11 is 9.56. The SMILES string of the molecule is Clc1cc(NC(c2ccccc2)c2ccco2)ccc1Br. The van der Waals surface area contributed by atoms with Crippen LogP contribution >= 0.6 is 27.5 Å². The standard InChI is InChI=1S/C17H13BrClNO/c18-14-9-8-13(11-15(14)19)20-17(16-7-4-10-21-16)12-5-2-1-3-6-12/h1-11,17,20H. The molecular weight excluding hydrogens is 350 g/mol. The minimum Gasteiger partial charge on any atom is -0.467 e. The molecule has 0 radical (unpaired) electrons. The second-order valence-electron chi connectivity index (χ2n) is 4.63. The molecule has 2 aromatic carbocycles. The molecule has 0 spiro atoms. The number of rotatable bonds is 4. The molecule has 3 rings (SSSR count). The summed E-state index contributed by atoms with van der Waals surface area (Å²) in [5, 5.41) is 4.14. The van der Waals surface area contributed by atoms with Gasteiger partial charge in [0.05, 0.1) is 11.3 Å². The molecule has 0 aliphatic heterocycles. The monoisotopic (exact) mass is 361 g/mol. The predicted molar refractivity (Wildman–Crippen MR) is 89.8 cm³/mol. The largest absolute Gasteiger partial charge is 0.467 e. The fraction of sp³-hybridized carbons (Fsp3) is 0.0588. The molecule has 0 bridgehead atoms. The lowest BCUT2D eigenvalue weighted by Gasteiger charge is -2.18. The third-order valence-corrected chi connectivity index (χ3v) is 4.42. The van der Waals surface area contributed by atoms with Crippen molar-refractivity contribution in [2.45, 2.75) is 6.04 Å². The van der Waals surface area contributed by atoms with Crippen LogP contribution in [0.15, 0.2) is 75.8 Å². The number of halogens is 2. The van der Waals surface area contributed by atoms with Crippen LogP contribution in [0.1, 0.15) is 17.4 Å². The highest BCUT2D eigenvalue weighted by Crippen LogP contribution is 2.30. The third kappa shape index (κ3) is 3.31. The Hall–Kier alpha value is -1.71. The van der Waals surface area contributed by atoms with Crippen molar-refractivity contribution in [1.82, 2.24) is 0 Å². The van der Waals surface area contributed by atoms with Gasteiger partial charge in [-0.2, -0.15) is 0 Å². The van der Waals surface area contributed by atoms with Crippen molar-refractivity contribution < 1.29 is 4.42 Å². The van der Waals surface area contributed by atoms with Gasteiger partial charge in [-0.3, -0.25) is 0 Å². The Bertz CT molecular complexity index is 713. The molecule has 21 heavy (non-hydrogen) atoms. The van der Waals surface area contributed by atoms with E-state index >= 15 is 0 Å². The lowest BCUT2D eigenvalue weighted by atomic mass is 10.0. The van der Waals surface area contributed by atoms with E-state index in [4.69, 9.17) is 16.0 Å². The zero-order chi connectivity index (χ0) is 14.7. The number of benzene rings is 2. The lowest BCUT2D eigenvalue weighted by Crippen LogP contribution is -2.11. The van der Waals surface area contributed by atoms with Crippen molar-refractivity contribution in [3.8, 4) is 0 Å². The average molecular weight is 363 g/mol. The Balaban J connectivity index is 1.95. The van der Waals surface area contributed by atoms with Crippen molar-refractivity contribution >= 4 is 33.2 Å². The number of nitrogens with one attached hydrogen (secondary N) is 1. The summed E-state index contributed by atoms with van der Waals surface area (Å²) < 4.78 is 6.45. The quantitative estimate of drug-likeness (QED) is 0.625. The van der Waals surface area contributed by atoms with Gasteiger partial charge < -0.3 is 9.73 Å². The number of hydrogen-bond acceptors (Lipinski definition) is 2. The Morgan fingerprint density at radius 1 is 1.00 bits per heavy atom. The Morgan fingerprint density at radius 3 is 2.48 bits per heavy atom.